The van der Waals surface area contributed by atoms with E-state index in [4.69, 9.17) is 0 Å². The predicted molar refractivity (Wildman–Crippen MR) is 76.4 cm³/mol. The van der Waals surface area contributed by atoms with Crippen molar-refractivity contribution >= 4 is 15.7 Å². The molecular weight excluding hydrogens is 262 g/mol. The van der Waals surface area contributed by atoms with E-state index in [1.807, 2.05) is 19.9 Å². The fourth-order valence-corrected chi connectivity index (χ4v) is 2.86. The number of carbonyl (C=O) groups excluding carboxylic acids is 1. The van der Waals surface area contributed by atoms with Gasteiger partial charge in [0, 0.05) is 6.54 Å². The van der Waals surface area contributed by atoms with Crippen molar-refractivity contribution in [1.29, 1.82) is 0 Å². The maximum Gasteiger partial charge on any atom is 0.238 e. The van der Waals surface area contributed by atoms with Gasteiger partial charge in [0.25, 0.3) is 0 Å². The summed E-state index contributed by atoms with van der Waals surface area (Å²) in [5, 5.41) is 1.63. The molecule has 4 nitrogen and oxygen atoms in total. The van der Waals surface area contributed by atoms with E-state index in [0.29, 0.717) is 18.0 Å². The van der Waals surface area contributed by atoms with Crippen LogP contribution in [0.4, 0.5) is 0 Å². The molecule has 0 saturated heterocycles. The van der Waals surface area contributed by atoms with E-state index >= 15 is 0 Å². The summed E-state index contributed by atoms with van der Waals surface area (Å²) in [4.78, 5) is 11.8. The van der Waals surface area contributed by atoms with Gasteiger partial charge in [-0.3, -0.25) is 4.79 Å². The molecule has 0 aromatic heterocycles. The number of nitrogens with one attached hydrogen (secondary N) is 1. The summed E-state index contributed by atoms with van der Waals surface area (Å²) in [6.07, 6.45) is 0. The van der Waals surface area contributed by atoms with Crippen LogP contribution in [0, 0.1) is 5.92 Å². The molecule has 0 spiro atoms. The Kier molecular flexibility index (Phi) is 5.54. The largest absolute Gasteiger partial charge is 0.355 e. The molecule has 19 heavy (non-hydrogen) atoms. The zero-order valence-electron chi connectivity index (χ0n) is 11.6. The summed E-state index contributed by atoms with van der Waals surface area (Å²) in [6, 6.07) is 8.89. The molecule has 106 valence electrons. The Balaban J connectivity index is 2.69. The first-order valence-electron chi connectivity index (χ1n) is 6.36. The summed E-state index contributed by atoms with van der Waals surface area (Å²) >= 11 is 0. The minimum absolute atomic E-state index is 0.107. The molecule has 0 aliphatic heterocycles. The Morgan fingerprint density at radius 2 is 1.74 bits per heavy atom. The fourth-order valence-electron chi connectivity index (χ4n) is 1.54. The van der Waals surface area contributed by atoms with Gasteiger partial charge in [-0.2, -0.15) is 0 Å². The average molecular weight is 283 g/mol. The van der Waals surface area contributed by atoms with Gasteiger partial charge >= 0.3 is 0 Å². The molecule has 0 fully saturated rings. The number of rotatable bonds is 6. The van der Waals surface area contributed by atoms with E-state index in [9.17, 15) is 13.2 Å². The Hall–Kier alpha value is -1.36. The minimum atomic E-state index is -3.47. The fraction of sp³-hybridized carbons (Fsp3) is 0.500. The third-order valence-corrected chi connectivity index (χ3v) is 4.83. The van der Waals surface area contributed by atoms with Crippen molar-refractivity contribution in [2.45, 2.75) is 31.8 Å². The summed E-state index contributed by atoms with van der Waals surface area (Å²) in [5.74, 6) is -0.234. The van der Waals surface area contributed by atoms with Gasteiger partial charge in [-0.05, 0) is 18.4 Å². The van der Waals surface area contributed by atoms with Crippen molar-refractivity contribution in [3.8, 4) is 0 Å². The molecule has 0 heterocycles. The van der Waals surface area contributed by atoms with Gasteiger partial charge in [-0.15, -0.1) is 0 Å². The number of benzene rings is 1. The summed E-state index contributed by atoms with van der Waals surface area (Å²) in [5.41, 5.74) is 0.700. The second-order valence-electron chi connectivity index (χ2n) is 5.07. The molecule has 0 saturated carbocycles. The number of carbonyl (C=O) groups is 1. The molecule has 0 bridgehead atoms. The van der Waals surface area contributed by atoms with Crippen molar-refractivity contribution in [2.24, 2.45) is 5.92 Å². The van der Waals surface area contributed by atoms with Crippen molar-refractivity contribution in [2.75, 3.05) is 6.54 Å². The van der Waals surface area contributed by atoms with Crippen molar-refractivity contribution in [3.05, 3.63) is 35.9 Å². The monoisotopic (exact) mass is 283 g/mol. The highest BCUT2D eigenvalue weighted by atomic mass is 32.2. The van der Waals surface area contributed by atoms with E-state index < -0.39 is 21.0 Å². The van der Waals surface area contributed by atoms with Gasteiger partial charge in [0.05, 0.1) is 5.75 Å². The molecule has 1 aromatic carbocycles. The predicted octanol–water partition coefficient (Wildman–Crippen LogP) is 1.76. The number of hydrogen-bond acceptors (Lipinski definition) is 3. The second-order valence-corrected chi connectivity index (χ2v) is 7.40. The van der Waals surface area contributed by atoms with Crippen LogP contribution in [0.25, 0.3) is 0 Å². The van der Waals surface area contributed by atoms with Crippen LogP contribution in [-0.4, -0.2) is 26.1 Å². The molecule has 1 unspecified atom stereocenters. The first-order valence-corrected chi connectivity index (χ1v) is 8.07. The van der Waals surface area contributed by atoms with E-state index in [1.165, 1.54) is 6.92 Å². The lowest BCUT2D eigenvalue weighted by Crippen LogP contribution is -2.39. The lowest BCUT2D eigenvalue weighted by Gasteiger charge is -2.14. The number of sulfone groups is 1. The van der Waals surface area contributed by atoms with Crippen molar-refractivity contribution < 1.29 is 13.2 Å². The third kappa shape index (κ3) is 5.03. The van der Waals surface area contributed by atoms with Crippen LogP contribution in [0.1, 0.15) is 26.3 Å². The Labute approximate surface area is 115 Å². The zero-order chi connectivity index (χ0) is 14.5. The smallest absolute Gasteiger partial charge is 0.238 e. The Morgan fingerprint density at radius 3 is 2.26 bits per heavy atom. The van der Waals surface area contributed by atoms with Crippen LogP contribution in [0.5, 0.6) is 0 Å². The summed E-state index contributed by atoms with van der Waals surface area (Å²) in [6.45, 7) is 5.85. The van der Waals surface area contributed by atoms with E-state index in [0.717, 1.165) is 0 Å². The van der Waals surface area contributed by atoms with Gasteiger partial charge in [0.2, 0.25) is 5.91 Å². The molecule has 1 rings (SSSR count). The Morgan fingerprint density at radius 1 is 1.16 bits per heavy atom. The second kappa shape index (κ2) is 6.70. The quantitative estimate of drug-likeness (QED) is 0.865. The van der Waals surface area contributed by atoms with Crippen LogP contribution in [0.15, 0.2) is 30.3 Å². The normalized spacial score (nSPS) is 13.3. The molecule has 0 aliphatic carbocycles. The maximum atomic E-state index is 12.1. The molecule has 1 amide bonds. The molecule has 1 N–H and O–H groups in total. The maximum absolute atomic E-state index is 12.1. The number of amides is 1. The highest BCUT2D eigenvalue weighted by Crippen LogP contribution is 2.11. The Bertz CT molecular complexity index is 509. The molecule has 5 heteroatoms. The van der Waals surface area contributed by atoms with E-state index in [2.05, 4.69) is 5.32 Å². The lowest BCUT2D eigenvalue weighted by molar-refractivity contribution is -0.120. The van der Waals surface area contributed by atoms with Crippen LogP contribution in [0.3, 0.4) is 0 Å². The van der Waals surface area contributed by atoms with Gasteiger partial charge < -0.3 is 5.32 Å². The highest BCUT2D eigenvalue weighted by molar-refractivity contribution is 7.92. The van der Waals surface area contributed by atoms with Crippen LogP contribution >= 0.6 is 0 Å². The standard InChI is InChI=1S/C14H21NO3S/c1-11(2)9-15-14(16)12(3)19(17,18)10-13-7-5-4-6-8-13/h4-8,11-12H,9-10H2,1-3H3,(H,15,16). The molecular formula is C14H21NO3S. The lowest BCUT2D eigenvalue weighted by atomic mass is 10.2. The van der Waals surface area contributed by atoms with Gasteiger partial charge in [0.15, 0.2) is 9.84 Å². The molecule has 0 radical (unpaired) electrons. The SMILES string of the molecule is CC(C)CNC(=O)C(C)S(=O)(=O)Cc1ccccc1. The summed E-state index contributed by atoms with van der Waals surface area (Å²) in [7, 11) is -3.47. The summed E-state index contributed by atoms with van der Waals surface area (Å²) < 4.78 is 24.3. The topological polar surface area (TPSA) is 63.2 Å². The van der Waals surface area contributed by atoms with Crippen molar-refractivity contribution in [3.63, 3.8) is 0 Å². The molecule has 0 aliphatic rings. The van der Waals surface area contributed by atoms with E-state index in [-0.39, 0.29) is 5.75 Å². The molecule has 1 aromatic rings. The minimum Gasteiger partial charge on any atom is -0.355 e. The van der Waals surface area contributed by atoms with Crippen LogP contribution < -0.4 is 5.32 Å². The molecule has 1 atom stereocenters. The van der Waals surface area contributed by atoms with E-state index in [1.54, 1.807) is 24.3 Å². The van der Waals surface area contributed by atoms with Gasteiger partial charge in [0.1, 0.15) is 5.25 Å². The van der Waals surface area contributed by atoms with Crippen LogP contribution in [0.2, 0.25) is 0 Å². The highest BCUT2D eigenvalue weighted by Gasteiger charge is 2.27. The van der Waals surface area contributed by atoms with Crippen molar-refractivity contribution in [1.82, 2.24) is 5.32 Å². The third-order valence-electron chi connectivity index (χ3n) is 2.80. The van der Waals surface area contributed by atoms with Gasteiger partial charge in [-0.25, -0.2) is 8.42 Å². The number of hydrogen-bond donors (Lipinski definition) is 1. The zero-order valence-corrected chi connectivity index (χ0v) is 12.4. The van der Waals surface area contributed by atoms with Crippen LogP contribution in [-0.2, 0) is 20.4 Å². The average Bonchev–Trinajstić information content (AvgIpc) is 2.35. The van der Waals surface area contributed by atoms with Gasteiger partial charge in [-0.1, -0.05) is 44.2 Å². The first kappa shape index (κ1) is 15.7. The first-order chi connectivity index (χ1) is 8.83.